The lowest BCUT2D eigenvalue weighted by Crippen LogP contribution is -2.48. The fourth-order valence-electron chi connectivity index (χ4n) is 5.09. The molecule has 2 heteroatoms. The van der Waals surface area contributed by atoms with Gasteiger partial charge >= 0.3 is 0 Å². The van der Waals surface area contributed by atoms with Gasteiger partial charge in [0.15, 0.2) is 0 Å². The van der Waals surface area contributed by atoms with Crippen molar-refractivity contribution in [3.05, 3.63) is 23.9 Å². The Hall–Kier alpha value is -0.760. The monoisotopic (exact) mass is 288 g/mol. The number of hydrogen-bond acceptors (Lipinski definition) is 2. The van der Waals surface area contributed by atoms with Crippen LogP contribution in [0.3, 0.4) is 0 Å². The maximum absolute atomic E-state index is 6.64. The Kier molecular flexibility index (Phi) is 4.73. The van der Waals surface area contributed by atoms with Gasteiger partial charge in [0, 0.05) is 17.2 Å². The molecule has 0 radical (unpaired) electrons. The molecule has 0 aromatic rings. The zero-order valence-electron chi connectivity index (χ0n) is 13.4. The van der Waals surface area contributed by atoms with Crippen LogP contribution in [0.5, 0.6) is 0 Å². The molecule has 2 nitrogen and oxygen atoms in total. The maximum atomic E-state index is 6.64. The average Bonchev–Trinajstić information content (AvgIpc) is 2.52. The molecule has 4 N–H and O–H groups in total. The lowest BCUT2D eigenvalue weighted by Gasteiger charge is -2.47. The molecule has 3 rings (SSSR count). The SMILES string of the molecule is NC1=CC(N)C(CC2CCCCC2)(C2CCCCC2)C=C1. The van der Waals surface area contributed by atoms with E-state index in [-0.39, 0.29) is 11.5 Å². The van der Waals surface area contributed by atoms with Crippen LogP contribution in [0.25, 0.3) is 0 Å². The Bertz CT molecular complexity index is 400. The summed E-state index contributed by atoms with van der Waals surface area (Å²) in [5.41, 5.74) is 13.7. The zero-order valence-corrected chi connectivity index (χ0v) is 13.4. The van der Waals surface area contributed by atoms with Crippen molar-refractivity contribution in [2.45, 2.75) is 76.7 Å². The summed E-state index contributed by atoms with van der Waals surface area (Å²) in [7, 11) is 0. The van der Waals surface area contributed by atoms with Crippen LogP contribution >= 0.6 is 0 Å². The number of rotatable bonds is 3. The summed E-state index contributed by atoms with van der Waals surface area (Å²) in [6.45, 7) is 0. The van der Waals surface area contributed by atoms with E-state index in [2.05, 4.69) is 18.2 Å². The maximum Gasteiger partial charge on any atom is 0.0342 e. The molecule has 118 valence electrons. The van der Waals surface area contributed by atoms with E-state index in [4.69, 9.17) is 11.5 Å². The third-order valence-electron chi connectivity index (χ3n) is 6.31. The molecule has 0 aromatic heterocycles. The van der Waals surface area contributed by atoms with Crippen LogP contribution in [0.4, 0.5) is 0 Å². The fraction of sp³-hybridized carbons (Fsp3) is 0.789. The summed E-state index contributed by atoms with van der Waals surface area (Å²) in [4.78, 5) is 0. The predicted molar refractivity (Wildman–Crippen MR) is 89.6 cm³/mol. The first-order valence-electron chi connectivity index (χ1n) is 9.13. The summed E-state index contributed by atoms with van der Waals surface area (Å²) >= 11 is 0. The Labute approximate surface area is 130 Å². The number of nitrogens with two attached hydrogens (primary N) is 2. The molecule has 0 aliphatic heterocycles. The quantitative estimate of drug-likeness (QED) is 0.815. The first-order chi connectivity index (χ1) is 10.2. The van der Waals surface area contributed by atoms with Crippen molar-refractivity contribution in [2.75, 3.05) is 0 Å². The zero-order chi connectivity index (χ0) is 14.7. The molecule has 3 aliphatic rings. The van der Waals surface area contributed by atoms with Crippen LogP contribution in [-0.4, -0.2) is 6.04 Å². The second kappa shape index (κ2) is 6.56. The first-order valence-corrected chi connectivity index (χ1v) is 9.13. The normalized spacial score (nSPS) is 35.7. The molecule has 0 bridgehead atoms. The molecule has 0 aromatic carbocycles. The van der Waals surface area contributed by atoms with Gasteiger partial charge in [-0.2, -0.15) is 0 Å². The van der Waals surface area contributed by atoms with Crippen molar-refractivity contribution in [3.8, 4) is 0 Å². The van der Waals surface area contributed by atoms with Crippen LogP contribution in [0.2, 0.25) is 0 Å². The van der Waals surface area contributed by atoms with Crippen LogP contribution in [0.15, 0.2) is 23.9 Å². The van der Waals surface area contributed by atoms with Crippen LogP contribution in [0, 0.1) is 17.3 Å². The van der Waals surface area contributed by atoms with E-state index in [0.717, 1.165) is 17.5 Å². The standard InChI is InChI=1S/C19H32N2/c20-17-11-12-19(18(21)13-17,16-9-5-2-6-10-16)14-15-7-3-1-4-8-15/h11-13,15-16,18H,1-10,14,20-21H2. The summed E-state index contributed by atoms with van der Waals surface area (Å²) in [6, 6.07) is 0.118. The summed E-state index contributed by atoms with van der Waals surface area (Å²) < 4.78 is 0. The van der Waals surface area contributed by atoms with Crippen molar-refractivity contribution in [2.24, 2.45) is 28.7 Å². The molecule has 0 amide bonds. The molecule has 2 saturated carbocycles. The molecule has 2 fully saturated rings. The van der Waals surface area contributed by atoms with Gasteiger partial charge in [0.1, 0.15) is 0 Å². The minimum atomic E-state index is 0.118. The highest BCUT2D eigenvalue weighted by molar-refractivity contribution is 5.30. The Balaban J connectivity index is 1.81. The Morgan fingerprint density at radius 2 is 1.57 bits per heavy atom. The minimum absolute atomic E-state index is 0.118. The molecule has 0 spiro atoms. The molecule has 0 heterocycles. The van der Waals surface area contributed by atoms with E-state index in [1.807, 2.05) is 0 Å². The number of hydrogen-bond donors (Lipinski definition) is 2. The number of allylic oxidation sites excluding steroid dienone is 1. The lowest BCUT2D eigenvalue weighted by molar-refractivity contribution is 0.104. The highest BCUT2D eigenvalue weighted by Gasteiger charge is 2.44. The second-order valence-corrected chi connectivity index (χ2v) is 7.68. The van der Waals surface area contributed by atoms with Crippen molar-refractivity contribution < 1.29 is 0 Å². The summed E-state index contributed by atoms with van der Waals surface area (Å²) in [5, 5.41) is 0. The topological polar surface area (TPSA) is 52.0 Å². The van der Waals surface area contributed by atoms with E-state index in [1.165, 1.54) is 70.6 Å². The molecule has 2 atom stereocenters. The van der Waals surface area contributed by atoms with Crippen molar-refractivity contribution >= 4 is 0 Å². The smallest absolute Gasteiger partial charge is 0.0342 e. The van der Waals surface area contributed by atoms with Gasteiger partial charge < -0.3 is 11.5 Å². The first kappa shape index (κ1) is 15.1. The van der Waals surface area contributed by atoms with E-state index < -0.39 is 0 Å². The Morgan fingerprint density at radius 3 is 2.19 bits per heavy atom. The van der Waals surface area contributed by atoms with E-state index in [0.29, 0.717) is 0 Å². The summed E-state index contributed by atoms with van der Waals surface area (Å²) in [6.07, 6.45) is 22.0. The van der Waals surface area contributed by atoms with E-state index >= 15 is 0 Å². The summed E-state index contributed by atoms with van der Waals surface area (Å²) in [5.74, 6) is 1.65. The van der Waals surface area contributed by atoms with Crippen molar-refractivity contribution in [1.82, 2.24) is 0 Å². The highest BCUT2D eigenvalue weighted by atomic mass is 14.7. The lowest BCUT2D eigenvalue weighted by atomic mass is 9.59. The van der Waals surface area contributed by atoms with Gasteiger partial charge in [-0.1, -0.05) is 57.4 Å². The van der Waals surface area contributed by atoms with Gasteiger partial charge in [-0.3, -0.25) is 0 Å². The average molecular weight is 288 g/mol. The van der Waals surface area contributed by atoms with Gasteiger partial charge in [0.2, 0.25) is 0 Å². The van der Waals surface area contributed by atoms with Gasteiger partial charge in [-0.25, -0.2) is 0 Å². The van der Waals surface area contributed by atoms with Gasteiger partial charge in [-0.05, 0) is 43.3 Å². The van der Waals surface area contributed by atoms with E-state index in [1.54, 1.807) is 0 Å². The molecule has 21 heavy (non-hydrogen) atoms. The van der Waals surface area contributed by atoms with Gasteiger partial charge in [0.05, 0.1) is 0 Å². The van der Waals surface area contributed by atoms with Crippen LogP contribution < -0.4 is 11.5 Å². The highest BCUT2D eigenvalue weighted by Crippen LogP contribution is 2.49. The fourth-order valence-corrected chi connectivity index (χ4v) is 5.09. The van der Waals surface area contributed by atoms with Crippen molar-refractivity contribution in [3.63, 3.8) is 0 Å². The van der Waals surface area contributed by atoms with Crippen LogP contribution in [0.1, 0.15) is 70.6 Å². The van der Waals surface area contributed by atoms with Gasteiger partial charge in [-0.15, -0.1) is 0 Å². The van der Waals surface area contributed by atoms with Gasteiger partial charge in [0.25, 0.3) is 0 Å². The van der Waals surface area contributed by atoms with Crippen molar-refractivity contribution in [1.29, 1.82) is 0 Å². The van der Waals surface area contributed by atoms with E-state index in [9.17, 15) is 0 Å². The molecular formula is C19H32N2. The molecule has 0 saturated heterocycles. The second-order valence-electron chi connectivity index (χ2n) is 7.68. The third kappa shape index (κ3) is 3.21. The Morgan fingerprint density at radius 1 is 0.952 bits per heavy atom. The minimum Gasteiger partial charge on any atom is -0.399 e. The molecule has 2 unspecified atom stereocenters. The predicted octanol–water partition coefficient (Wildman–Crippen LogP) is 4.26. The van der Waals surface area contributed by atoms with Crippen LogP contribution in [-0.2, 0) is 0 Å². The molecule has 3 aliphatic carbocycles. The largest absolute Gasteiger partial charge is 0.399 e. The molecular weight excluding hydrogens is 256 g/mol. The third-order valence-corrected chi connectivity index (χ3v) is 6.31.